The first-order chi connectivity index (χ1) is 6.91. The van der Waals surface area contributed by atoms with Crippen LogP contribution in [0.3, 0.4) is 0 Å². The molecule has 0 amide bonds. The van der Waals surface area contributed by atoms with Gasteiger partial charge in [-0.05, 0) is 28.7 Å². The Morgan fingerprint density at radius 1 is 1.67 bits per heavy atom. The normalized spacial score (nSPS) is 10.7. The van der Waals surface area contributed by atoms with E-state index in [0.717, 1.165) is 6.07 Å². The highest BCUT2D eigenvalue weighted by Crippen LogP contribution is 2.27. The second-order valence-corrected chi connectivity index (χ2v) is 4.10. The Morgan fingerprint density at radius 2 is 2.27 bits per heavy atom. The van der Waals surface area contributed by atoms with Crippen molar-refractivity contribution >= 4 is 40.2 Å². The van der Waals surface area contributed by atoms with Gasteiger partial charge in [0.1, 0.15) is 3.70 Å². The van der Waals surface area contributed by atoms with Crippen LogP contribution in [0.1, 0.15) is 17.7 Å². The van der Waals surface area contributed by atoms with Gasteiger partial charge >= 0.3 is 5.97 Å². The van der Waals surface area contributed by atoms with Gasteiger partial charge in [-0.1, -0.05) is 11.6 Å². The Labute approximate surface area is 103 Å². The first-order valence-corrected chi connectivity index (χ1v) is 5.22. The number of hydrogen-bond acceptors (Lipinski definition) is 2. The van der Waals surface area contributed by atoms with Crippen molar-refractivity contribution in [2.45, 2.75) is 12.8 Å². The molecule has 0 unspecified atom stereocenters. The smallest absolute Gasteiger partial charge is 0.309 e. The fourth-order valence-corrected chi connectivity index (χ4v) is 1.60. The number of carboxylic acids is 1. The van der Waals surface area contributed by atoms with Crippen LogP contribution in [0, 0.1) is 3.70 Å². The Kier molecular flexibility index (Phi) is 4.21. The van der Waals surface area contributed by atoms with E-state index >= 15 is 0 Å². The van der Waals surface area contributed by atoms with Crippen molar-refractivity contribution in [3.05, 3.63) is 26.0 Å². The number of aliphatic carboxylic acids is 1. The van der Waals surface area contributed by atoms with E-state index in [1.54, 1.807) is 22.6 Å². The van der Waals surface area contributed by atoms with E-state index in [-0.39, 0.29) is 10.7 Å². The third kappa shape index (κ3) is 3.23. The van der Waals surface area contributed by atoms with E-state index in [1.165, 1.54) is 0 Å². The maximum atomic E-state index is 12.5. The molecule has 1 rings (SSSR count). The minimum absolute atomic E-state index is 0.0973. The summed E-state index contributed by atoms with van der Waals surface area (Å²) >= 11 is 7.37. The van der Waals surface area contributed by atoms with Crippen molar-refractivity contribution in [3.8, 4) is 0 Å². The van der Waals surface area contributed by atoms with Crippen molar-refractivity contribution in [3.63, 3.8) is 0 Å². The fraction of sp³-hybridized carbons (Fsp3) is 0.250. The van der Waals surface area contributed by atoms with Gasteiger partial charge in [-0.2, -0.15) is 0 Å². The predicted octanol–water partition coefficient (Wildman–Crippen LogP) is 2.90. The summed E-state index contributed by atoms with van der Waals surface area (Å²) < 4.78 is 25.3. The van der Waals surface area contributed by atoms with Crippen LogP contribution >= 0.6 is 34.2 Å². The molecule has 1 N–H and O–H groups in total. The van der Waals surface area contributed by atoms with Gasteiger partial charge in [0.2, 0.25) is 0 Å². The van der Waals surface area contributed by atoms with Crippen molar-refractivity contribution in [1.29, 1.82) is 0 Å². The molecule has 0 aliphatic carbocycles. The molecular formula is C8H5ClF2INO2. The maximum Gasteiger partial charge on any atom is 0.309 e. The Bertz CT molecular complexity index is 400. The lowest BCUT2D eigenvalue weighted by Gasteiger charge is -2.07. The van der Waals surface area contributed by atoms with Crippen molar-refractivity contribution in [1.82, 2.24) is 4.98 Å². The SMILES string of the molecule is O=C(O)Cc1nc(I)c(Cl)cc1C(F)F. The van der Waals surface area contributed by atoms with E-state index in [4.69, 9.17) is 16.7 Å². The number of pyridine rings is 1. The number of nitrogens with zero attached hydrogens (tertiary/aromatic N) is 1. The molecular weight excluding hydrogens is 342 g/mol. The van der Waals surface area contributed by atoms with E-state index in [9.17, 15) is 13.6 Å². The molecule has 0 saturated heterocycles. The van der Waals surface area contributed by atoms with E-state index in [2.05, 4.69) is 4.98 Å². The molecule has 7 heteroatoms. The molecule has 1 heterocycles. The molecule has 1 aromatic heterocycles. The molecule has 0 aliphatic heterocycles. The highest BCUT2D eigenvalue weighted by Gasteiger charge is 2.18. The topological polar surface area (TPSA) is 50.2 Å². The van der Waals surface area contributed by atoms with E-state index < -0.39 is 24.4 Å². The van der Waals surface area contributed by atoms with Crippen LogP contribution in [-0.4, -0.2) is 16.1 Å². The number of carboxylic acid groups (broad SMARTS) is 1. The lowest BCUT2D eigenvalue weighted by atomic mass is 10.1. The number of rotatable bonds is 3. The van der Waals surface area contributed by atoms with Gasteiger partial charge in [-0.25, -0.2) is 13.8 Å². The number of aromatic nitrogens is 1. The van der Waals surface area contributed by atoms with Gasteiger partial charge in [0.05, 0.1) is 17.1 Å². The summed E-state index contributed by atoms with van der Waals surface area (Å²) in [5.41, 5.74) is -0.575. The van der Waals surface area contributed by atoms with Gasteiger partial charge in [0.25, 0.3) is 6.43 Å². The summed E-state index contributed by atoms with van der Waals surface area (Å²) in [6.45, 7) is 0. The first kappa shape index (κ1) is 12.6. The first-order valence-electron chi connectivity index (χ1n) is 3.76. The van der Waals surface area contributed by atoms with Gasteiger partial charge in [-0.3, -0.25) is 4.79 Å². The summed E-state index contributed by atoms with van der Waals surface area (Å²) in [4.78, 5) is 14.1. The Morgan fingerprint density at radius 3 is 2.73 bits per heavy atom. The molecule has 0 radical (unpaired) electrons. The van der Waals surface area contributed by atoms with Gasteiger partial charge < -0.3 is 5.11 Å². The molecule has 1 aromatic rings. The van der Waals surface area contributed by atoms with Crippen LogP contribution in [0.15, 0.2) is 6.07 Å². The molecule has 0 aromatic carbocycles. The van der Waals surface area contributed by atoms with E-state index in [0.29, 0.717) is 3.70 Å². The minimum atomic E-state index is -2.78. The Balaban J connectivity index is 3.21. The van der Waals surface area contributed by atoms with Gasteiger partial charge in [-0.15, -0.1) is 0 Å². The molecule has 0 spiro atoms. The molecule has 82 valence electrons. The number of halogens is 4. The fourth-order valence-electron chi connectivity index (χ4n) is 0.990. The molecule has 15 heavy (non-hydrogen) atoms. The number of hydrogen-bond donors (Lipinski definition) is 1. The average molecular weight is 347 g/mol. The molecule has 0 bridgehead atoms. The summed E-state index contributed by atoms with van der Waals surface area (Å²) in [6, 6.07) is 1.05. The minimum Gasteiger partial charge on any atom is -0.481 e. The summed E-state index contributed by atoms with van der Waals surface area (Å²) in [5, 5.41) is 8.61. The third-order valence-electron chi connectivity index (χ3n) is 1.60. The number of alkyl halides is 2. The average Bonchev–Trinajstić information content (AvgIpc) is 2.09. The number of carbonyl (C=O) groups is 1. The lowest BCUT2D eigenvalue weighted by Crippen LogP contribution is -2.07. The van der Waals surface area contributed by atoms with Crippen LogP contribution in [0.2, 0.25) is 5.02 Å². The molecule has 0 aliphatic rings. The summed E-state index contributed by atoms with van der Waals surface area (Å²) in [7, 11) is 0. The van der Waals surface area contributed by atoms with Gasteiger partial charge in [0.15, 0.2) is 0 Å². The van der Waals surface area contributed by atoms with Crippen LogP contribution in [-0.2, 0) is 11.2 Å². The highest BCUT2D eigenvalue weighted by molar-refractivity contribution is 14.1. The summed E-state index contributed by atoms with van der Waals surface area (Å²) in [5.74, 6) is -1.21. The molecule has 0 fully saturated rings. The largest absolute Gasteiger partial charge is 0.481 e. The molecule has 3 nitrogen and oxygen atoms in total. The zero-order valence-electron chi connectivity index (χ0n) is 7.18. The third-order valence-corrected chi connectivity index (χ3v) is 3.03. The predicted molar refractivity (Wildman–Crippen MR) is 58.3 cm³/mol. The van der Waals surface area contributed by atoms with Crippen LogP contribution < -0.4 is 0 Å². The van der Waals surface area contributed by atoms with Crippen LogP contribution in [0.4, 0.5) is 8.78 Å². The zero-order valence-corrected chi connectivity index (χ0v) is 10.1. The van der Waals surface area contributed by atoms with Crippen molar-refractivity contribution in [2.75, 3.05) is 0 Å². The maximum absolute atomic E-state index is 12.5. The lowest BCUT2D eigenvalue weighted by molar-refractivity contribution is -0.136. The van der Waals surface area contributed by atoms with Crippen LogP contribution in [0.25, 0.3) is 0 Å². The van der Waals surface area contributed by atoms with Crippen LogP contribution in [0.5, 0.6) is 0 Å². The van der Waals surface area contributed by atoms with Crippen molar-refractivity contribution < 1.29 is 18.7 Å². The summed E-state index contributed by atoms with van der Waals surface area (Å²) in [6.07, 6.45) is -3.31. The van der Waals surface area contributed by atoms with Gasteiger partial charge in [0, 0.05) is 5.56 Å². The molecule has 0 saturated carbocycles. The Hall–Kier alpha value is -0.500. The quantitative estimate of drug-likeness (QED) is 0.676. The molecule has 0 atom stereocenters. The van der Waals surface area contributed by atoms with Crippen molar-refractivity contribution in [2.24, 2.45) is 0 Å². The van der Waals surface area contributed by atoms with E-state index in [1.807, 2.05) is 0 Å². The zero-order chi connectivity index (χ0) is 11.6. The standard InChI is InChI=1S/C8H5ClF2INO2/c9-4-1-3(7(10)11)5(2-6(14)15)13-8(4)12/h1,7H,2H2,(H,14,15). The monoisotopic (exact) mass is 347 g/mol. The second-order valence-electron chi connectivity index (χ2n) is 2.67. The second kappa shape index (κ2) is 5.02. The highest BCUT2D eigenvalue weighted by atomic mass is 127.